The van der Waals surface area contributed by atoms with Crippen LogP contribution >= 0.6 is 0 Å². The molecule has 3 saturated carbocycles. The highest BCUT2D eigenvalue weighted by atomic mass is 32.2. The van der Waals surface area contributed by atoms with Crippen molar-refractivity contribution in [3.05, 3.63) is 41.6 Å². The minimum absolute atomic E-state index is 0.0243. The summed E-state index contributed by atoms with van der Waals surface area (Å²) in [5, 5.41) is 3.01. The number of methoxy groups -OCH3 is 1. The van der Waals surface area contributed by atoms with Gasteiger partial charge in [-0.2, -0.15) is 0 Å². The number of halogens is 2. The van der Waals surface area contributed by atoms with Gasteiger partial charge in [0, 0.05) is 29.6 Å². The summed E-state index contributed by atoms with van der Waals surface area (Å²) in [6.45, 7) is 6.75. The normalized spacial score (nSPS) is 30.7. The lowest BCUT2D eigenvalue weighted by molar-refractivity contribution is -0.155. The van der Waals surface area contributed by atoms with Crippen LogP contribution in [0.25, 0.3) is 10.9 Å². The number of esters is 1. The number of hydrogen-bond acceptors (Lipinski definition) is 10. The minimum atomic E-state index is -4.08. The highest BCUT2D eigenvalue weighted by molar-refractivity contribution is 7.91. The molecular formula is C44H56F2N4O9S. The summed E-state index contributed by atoms with van der Waals surface area (Å²) in [6, 6.07) is 3.42. The summed E-state index contributed by atoms with van der Waals surface area (Å²) in [7, 11) is -2.63. The molecular weight excluding hydrogens is 799 g/mol. The number of carbonyl (C=O) groups is 4. The molecule has 1 saturated heterocycles. The zero-order valence-corrected chi connectivity index (χ0v) is 35.8. The van der Waals surface area contributed by atoms with Crippen LogP contribution in [0.2, 0.25) is 0 Å². The van der Waals surface area contributed by atoms with E-state index in [1.807, 2.05) is 26.0 Å². The first kappa shape index (κ1) is 42.4. The second kappa shape index (κ2) is 15.2. The predicted molar refractivity (Wildman–Crippen MR) is 217 cm³/mol. The van der Waals surface area contributed by atoms with E-state index >= 15 is 8.78 Å². The minimum Gasteiger partial charge on any atom is -0.497 e. The molecule has 0 bridgehead atoms. The lowest BCUT2D eigenvalue weighted by atomic mass is 9.84. The van der Waals surface area contributed by atoms with E-state index in [9.17, 15) is 27.6 Å². The number of benzene rings is 1. The Morgan fingerprint density at radius 2 is 1.83 bits per heavy atom. The number of nitrogens with zero attached hydrogens (tertiary/aromatic N) is 2. The summed E-state index contributed by atoms with van der Waals surface area (Å²) in [4.78, 5) is 63.2. The van der Waals surface area contributed by atoms with Crippen molar-refractivity contribution >= 4 is 44.6 Å². The molecule has 4 fully saturated rings. The number of amides is 3. The number of alkyl halides is 2. The molecule has 6 aliphatic rings. The Kier molecular flexibility index (Phi) is 10.8. The van der Waals surface area contributed by atoms with E-state index in [0.29, 0.717) is 55.5 Å². The molecule has 1 aromatic heterocycles. The molecule has 3 aliphatic heterocycles. The molecule has 2 aromatic rings. The summed E-state index contributed by atoms with van der Waals surface area (Å²) in [5.74, 6) is -7.59. The van der Waals surface area contributed by atoms with E-state index in [-0.39, 0.29) is 47.8 Å². The number of aromatic nitrogens is 1. The van der Waals surface area contributed by atoms with Gasteiger partial charge in [-0.15, -0.1) is 0 Å². The maximum atomic E-state index is 17.1. The maximum Gasteiger partial charge on any atom is 0.306 e. The van der Waals surface area contributed by atoms with Crippen LogP contribution in [-0.4, -0.2) is 83.7 Å². The van der Waals surface area contributed by atoms with Crippen LogP contribution in [0, 0.1) is 17.8 Å². The Morgan fingerprint density at radius 1 is 1.08 bits per heavy atom. The van der Waals surface area contributed by atoms with Crippen molar-refractivity contribution < 1.29 is 50.6 Å². The summed E-state index contributed by atoms with van der Waals surface area (Å²) >= 11 is 0. The summed E-state index contributed by atoms with van der Waals surface area (Å²) in [6.07, 6.45) is 7.14. The third-order valence-corrected chi connectivity index (χ3v) is 15.9. The van der Waals surface area contributed by atoms with Crippen molar-refractivity contribution in [3.63, 3.8) is 0 Å². The van der Waals surface area contributed by atoms with Gasteiger partial charge >= 0.3 is 5.97 Å². The molecule has 4 heterocycles. The number of allylic oxidation sites excluding steroid dienone is 1. The highest BCUT2D eigenvalue weighted by Crippen LogP contribution is 2.58. The average molecular weight is 855 g/mol. The van der Waals surface area contributed by atoms with Gasteiger partial charge in [0.25, 0.3) is 11.8 Å². The second-order valence-corrected chi connectivity index (χ2v) is 21.0. The average Bonchev–Trinajstić information content (AvgIpc) is 4.12. The van der Waals surface area contributed by atoms with Gasteiger partial charge in [0.15, 0.2) is 5.75 Å². The van der Waals surface area contributed by atoms with E-state index in [2.05, 4.69) is 10.0 Å². The fraction of sp³-hybridized carbons (Fsp3) is 0.659. The molecule has 8 rings (SSSR count). The van der Waals surface area contributed by atoms with E-state index in [4.69, 9.17) is 19.2 Å². The zero-order chi connectivity index (χ0) is 43.0. The Labute approximate surface area is 349 Å². The van der Waals surface area contributed by atoms with Crippen molar-refractivity contribution in [2.45, 2.75) is 151 Å². The van der Waals surface area contributed by atoms with Gasteiger partial charge in [-0.05, 0) is 89.3 Å². The number of ether oxygens (including phenoxy) is 3. The quantitative estimate of drug-likeness (QED) is 0.215. The van der Waals surface area contributed by atoms with Crippen molar-refractivity contribution in [3.8, 4) is 11.5 Å². The SMILES string of the molecule is COc1ccc2nc(C3CC3)c3c(c2c1)C(F)(F)C[C@]1(C[C@H]2C(=O)N[C@]4(C(=O)NS(=O)(=O)C5(C)CC5)C[C@H]4/C=C\CCCCC[C@H](CC(=O)O[C@H](C)C(C)C)C(=O)N2C1)O3. The van der Waals surface area contributed by atoms with Crippen LogP contribution < -0.4 is 19.5 Å². The molecule has 13 nitrogen and oxygen atoms in total. The van der Waals surface area contributed by atoms with Gasteiger partial charge in [0.05, 0.1) is 48.0 Å². The molecule has 16 heteroatoms. The van der Waals surface area contributed by atoms with E-state index < -0.39 is 92.5 Å². The molecule has 3 amide bonds. The van der Waals surface area contributed by atoms with Crippen LogP contribution in [0.3, 0.4) is 0 Å². The van der Waals surface area contributed by atoms with Crippen molar-refractivity contribution in [1.82, 2.24) is 19.9 Å². The number of hydrogen-bond donors (Lipinski definition) is 2. The monoisotopic (exact) mass is 854 g/mol. The highest BCUT2D eigenvalue weighted by Gasteiger charge is 2.65. The van der Waals surface area contributed by atoms with Gasteiger partial charge < -0.3 is 24.4 Å². The maximum absolute atomic E-state index is 17.1. The smallest absolute Gasteiger partial charge is 0.306 e. The third-order valence-electron chi connectivity index (χ3n) is 13.8. The first-order valence-corrected chi connectivity index (χ1v) is 22.9. The fourth-order valence-corrected chi connectivity index (χ4v) is 10.4. The van der Waals surface area contributed by atoms with Crippen LogP contribution in [0.1, 0.15) is 128 Å². The fourth-order valence-electron chi connectivity index (χ4n) is 9.13. The molecule has 3 aliphatic carbocycles. The molecule has 2 N–H and O–H groups in total. The number of pyridine rings is 1. The van der Waals surface area contributed by atoms with Crippen molar-refractivity contribution in [2.24, 2.45) is 17.8 Å². The Morgan fingerprint density at radius 3 is 2.52 bits per heavy atom. The molecule has 0 unspecified atom stereocenters. The second-order valence-electron chi connectivity index (χ2n) is 18.8. The Balaban J connectivity index is 1.18. The van der Waals surface area contributed by atoms with E-state index in [0.717, 1.165) is 19.3 Å². The van der Waals surface area contributed by atoms with Crippen LogP contribution in [0.15, 0.2) is 30.4 Å². The van der Waals surface area contributed by atoms with Crippen molar-refractivity contribution in [2.75, 3.05) is 13.7 Å². The predicted octanol–water partition coefficient (Wildman–Crippen LogP) is 6.32. The zero-order valence-electron chi connectivity index (χ0n) is 35.0. The third kappa shape index (κ3) is 7.85. The van der Waals surface area contributed by atoms with Gasteiger partial charge in [0.1, 0.15) is 29.0 Å². The Bertz CT molecular complexity index is 2240. The molecule has 326 valence electrons. The number of rotatable bonds is 9. The number of carbonyl (C=O) groups excluding carboxylic acids is 4. The van der Waals surface area contributed by atoms with Crippen LogP contribution in [-0.2, 0) is 39.9 Å². The summed E-state index contributed by atoms with van der Waals surface area (Å²) < 4.78 is 79.8. The molecule has 1 aromatic carbocycles. The van der Waals surface area contributed by atoms with Gasteiger partial charge in [-0.1, -0.05) is 38.8 Å². The van der Waals surface area contributed by atoms with Crippen LogP contribution in [0.5, 0.6) is 11.5 Å². The van der Waals surface area contributed by atoms with Crippen LogP contribution in [0.4, 0.5) is 8.78 Å². The summed E-state index contributed by atoms with van der Waals surface area (Å²) in [5.41, 5.74) is -2.96. The first-order chi connectivity index (χ1) is 28.3. The Hall–Kier alpha value is -4.34. The molecule has 60 heavy (non-hydrogen) atoms. The van der Waals surface area contributed by atoms with E-state index in [1.165, 1.54) is 18.1 Å². The van der Waals surface area contributed by atoms with Crippen molar-refractivity contribution in [1.29, 1.82) is 0 Å². The number of nitrogens with one attached hydrogen (secondary N) is 2. The number of sulfonamides is 1. The van der Waals surface area contributed by atoms with Gasteiger partial charge in [-0.25, -0.2) is 22.2 Å². The lowest BCUT2D eigenvalue weighted by Gasteiger charge is -2.40. The topological polar surface area (TPSA) is 170 Å². The van der Waals surface area contributed by atoms with Gasteiger partial charge in [-0.3, -0.25) is 23.9 Å². The first-order valence-electron chi connectivity index (χ1n) is 21.5. The van der Waals surface area contributed by atoms with E-state index in [1.54, 1.807) is 26.0 Å². The molecule has 0 radical (unpaired) electrons. The standard InChI is InChI=1S/C44H56F2N4O9S/c1-25(2)26(3)58-34(51)19-28-11-9-7-6-8-10-12-29-21-43(29,40(54)49-60(55,56)41(4)17-18-41)48-38(52)33-22-42(24-50(33)39(28)53)23-44(45,46)35-31-20-30(57-5)15-16-32(31)47-36(27-13-14-27)37(35)59-42/h10,12,15-16,20,25-29,33H,6-9,11,13-14,17-19,21-24H2,1-5H3,(H,48,52)(H,49,54)/b12-10-/t26-,28-,29-,33+,42+,43-/m1/s1. The lowest BCUT2D eigenvalue weighted by Crippen LogP contribution is -2.57. The molecule has 6 atom stereocenters. The largest absolute Gasteiger partial charge is 0.497 e. The number of fused-ring (bicyclic) bond motifs is 5. The van der Waals surface area contributed by atoms with Gasteiger partial charge in [0.2, 0.25) is 21.8 Å². The molecule has 1 spiro atoms.